The lowest BCUT2D eigenvalue weighted by Gasteiger charge is -2.33. The molecular weight excluding hydrogens is 392 g/mol. The van der Waals surface area contributed by atoms with Crippen LogP contribution in [0.1, 0.15) is 10.4 Å². The van der Waals surface area contributed by atoms with Crippen molar-refractivity contribution in [3.8, 4) is 0 Å². The average molecular weight is 413 g/mol. The molecule has 1 saturated heterocycles. The summed E-state index contributed by atoms with van der Waals surface area (Å²) >= 11 is 7.50. The van der Waals surface area contributed by atoms with Crippen molar-refractivity contribution in [3.63, 3.8) is 0 Å². The molecule has 0 atom stereocenters. The molecule has 0 radical (unpaired) electrons. The third-order valence-electron chi connectivity index (χ3n) is 4.79. The van der Waals surface area contributed by atoms with Gasteiger partial charge in [-0.05, 0) is 48.0 Å². The van der Waals surface area contributed by atoms with E-state index in [0.29, 0.717) is 18.9 Å². The molecule has 2 aromatic heterocycles. The second-order valence-corrected chi connectivity index (χ2v) is 8.60. The number of nitrogens with two attached hydrogens (primary N) is 1. The van der Waals surface area contributed by atoms with Gasteiger partial charge in [-0.3, -0.25) is 9.69 Å². The van der Waals surface area contributed by atoms with Crippen molar-refractivity contribution in [2.75, 3.05) is 31.9 Å². The molecule has 3 heterocycles. The number of carbonyl (C=O) groups excluding carboxylic acids is 1. The fourth-order valence-corrected chi connectivity index (χ4v) is 4.32. The monoisotopic (exact) mass is 412 g/mol. The number of piperazine rings is 1. The number of benzene rings is 1. The minimum absolute atomic E-state index is 0.161. The first-order chi connectivity index (χ1) is 13.6. The zero-order valence-electron chi connectivity index (χ0n) is 15.3. The van der Waals surface area contributed by atoms with E-state index in [2.05, 4.69) is 28.1 Å². The number of pyridine rings is 1. The van der Waals surface area contributed by atoms with Crippen LogP contribution in [0.3, 0.4) is 0 Å². The second kappa shape index (κ2) is 8.31. The first-order valence-electron chi connectivity index (χ1n) is 9.14. The fraction of sp³-hybridized carbons (Fsp3) is 0.238. The van der Waals surface area contributed by atoms with Crippen molar-refractivity contribution in [3.05, 3.63) is 63.3 Å². The number of rotatable bonds is 5. The normalized spacial score (nSPS) is 15.8. The van der Waals surface area contributed by atoms with Gasteiger partial charge in [0.25, 0.3) is 0 Å². The fourth-order valence-electron chi connectivity index (χ4n) is 3.33. The van der Waals surface area contributed by atoms with Gasteiger partial charge in [0.1, 0.15) is 5.82 Å². The van der Waals surface area contributed by atoms with Crippen molar-refractivity contribution in [1.82, 2.24) is 14.8 Å². The van der Waals surface area contributed by atoms with Crippen molar-refractivity contribution >= 4 is 51.6 Å². The van der Waals surface area contributed by atoms with Crippen molar-refractivity contribution in [2.24, 2.45) is 0 Å². The number of halogens is 1. The molecule has 0 bridgehead atoms. The molecule has 0 aliphatic carbocycles. The van der Waals surface area contributed by atoms with Crippen LogP contribution in [-0.2, 0) is 11.3 Å². The first kappa shape index (κ1) is 18.9. The van der Waals surface area contributed by atoms with Crippen LogP contribution in [0.25, 0.3) is 17.0 Å². The predicted octanol–water partition coefficient (Wildman–Crippen LogP) is 3.89. The summed E-state index contributed by atoms with van der Waals surface area (Å²) in [4.78, 5) is 22.1. The molecule has 1 aliphatic heterocycles. The van der Waals surface area contributed by atoms with Gasteiger partial charge in [-0.1, -0.05) is 23.7 Å². The lowest BCUT2D eigenvalue weighted by Crippen LogP contribution is -2.49. The Hall–Kier alpha value is -2.41. The molecule has 4 rings (SSSR count). The van der Waals surface area contributed by atoms with Gasteiger partial charge < -0.3 is 10.6 Å². The summed E-state index contributed by atoms with van der Waals surface area (Å²) in [7, 11) is 0. The Morgan fingerprint density at radius 2 is 2.07 bits per heavy atom. The number of fused-ring (bicyclic) bond motifs is 1. The first-order valence-corrected chi connectivity index (χ1v) is 10.3. The van der Waals surface area contributed by atoms with Gasteiger partial charge >= 0.3 is 0 Å². The molecule has 0 saturated carbocycles. The number of nitrogen functional groups attached to an aromatic ring is 1. The molecule has 7 heteroatoms. The van der Waals surface area contributed by atoms with Crippen LogP contribution in [-0.4, -0.2) is 46.9 Å². The molecule has 1 fully saturated rings. The van der Waals surface area contributed by atoms with Crippen LogP contribution in [0.15, 0.2) is 48.5 Å². The largest absolute Gasteiger partial charge is 0.384 e. The van der Waals surface area contributed by atoms with E-state index in [4.69, 9.17) is 17.3 Å². The van der Waals surface area contributed by atoms with Crippen molar-refractivity contribution in [2.45, 2.75) is 6.54 Å². The van der Waals surface area contributed by atoms with E-state index < -0.39 is 0 Å². The van der Waals surface area contributed by atoms with Gasteiger partial charge in [0.05, 0.1) is 16.4 Å². The van der Waals surface area contributed by atoms with E-state index in [0.717, 1.165) is 45.3 Å². The summed E-state index contributed by atoms with van der Waals surface area (Å²) in [5.74, 6) is 0.678. The summed E-state index contributed by atoms with van der Waals surface area (Å²) in [5, 5.41) is 1.04. The molecule has 1 aliphatic rings. The zero-order chi connectivity index (χ0) is 19.5. The minimum atomic E-state index is 0.161. The van der Waals surface area contributed by atoms with Crippen molar-refractivity contribution in [1.29, 1.82) is 0 Å². The van der Waals surface area contributed by atoms with Gasteiger partial charge in [0.2, 0.25) is 5.91 Å². The third-order valence-corrected chi connectivity index (χ3v) is 5.98. The highest BCUT2D eigenvalue weighted by Gasteiger charge is 2.23. The Morgan fingerprint density at radius 1 is 1.18 bits per heavy atom. The number of carbonyl (C=O) groups is 1. The Labute approximate surface area is 173 Å². The summed E-state index contributed by atoms with van der Waals surface area (Å²) in [6.45, 7) is 3.43. The van der Waals surface area contributed by atoms with E-state index in [-0.39, 0.29) is 5.91 Å². The van der Waals surface area contributed by atoms with Gasteiger partial charge in [-0.2, -0.15) is 0 Å². The molecule has 0 spiro atoms. The molecule has 144 valence electrons. The Morgan fingerprint density at radius 3 is 2.86 bits per heavy atom. The topological polar surface area (TPSA) is 62.5 Å². The maximum Gasteiger partial charge on any atom is 0.237 e. The Kier molecular flexibility index (Phi) is 5.62. The summed E-state index contributed by atoms with van der Waals surface area (Å²) in [6, 6.07) is 13.7. The van der Waals surface area contributed by atoms with E-state index in [1.807, 2.05) is 35.2 Å². The Balaban J connectivity index is 1.33. The smallest absolute Gasteiger partial charge is 0.237 e. The lowest BCUT2D eigenvalue weighted by molar-refractivity contribution is -0.136. The van der Waals surface area contributed by atoms with E-state index in [1.54, 1.807) is 17.4 Å². The maximum atomic E-state index is 12.6. The average Bonchev–Trinajstić information content (AvgIpc) is 3.09. The lowest BCUT2D eigenvalue weighted by atomic mass is 10.1. The number of anilines is 1. The SMILES string of the molecule is Nc1ccc2cc(CN3CCN(CC=Cc4ccc(Cl)s4)CC3=O)ccc2n1. The van der Waals surface area contributed by atoms with Crippen LogP contribution in [0.5, 0.6) is 0 Å². The van der Waals surface area contributed by atoms with Crippen LogP contribution in [0.2, 0.25) is 4.34 Å². The highest BCUT2D eigenvalue weighted by Crippen LogP contribution is 2.22. The quantitative estimate of drug-likeness (QED) is 0.690. The molecular formula is C21H21ClN4OS. The van der Waals surface area contributed by atoms with Gasteiger partial charge in [0, 0.05) is 36.4 Å². The third kappa shape index (κ3) is 4.52. The highest BCUT2D eigenvalue weighted by molar-refractivity contribution is 7.16. The molecule has 3 aromatic rings. The summed E-state index contributed by atoms with van der Waals surface area (Å²) < 4.78 is 0.788. The summed E-state index contributed by atoms with van der Waals surface area (Å²) in [5.41, 5.74) is 7.71. The number of aromatic nitrogens is 1. The number of hydrogen-bond donors (Lipinski definition) is 1. The Bertz CT molecular complexity index is 1030. The van der Waals surface area contributed by atoms with Crippen LogP contribution in [0.4, 0.5) is 5.82 Å². The highest BCUT2D eigenvalue weighted by atomic mass is 35.5. The molecule has 28 heavy (non-hydrogen) atoms. The molecule has 1 aromatic carbocycles. The van der Waals surface area contributed by atoms with Crippen molar-refractivity contribution < 1.29 is 4.79 Å². The van der Waals surface area contributed by atoms with Crippen LogP contribution >= 0.6 is 22.9 Å². The van der Waals surface area contributed by atoms with Crippen LogP contribution < -0.4 is 5.73 Å². The summed E-state index contributed by atoms with van der Waals surface area (Å²) in [6.07, 6.45) is 4.15. The van der Waals surface area contributed by atoms with E-state index in [1.165, 1.54) is 0 Å². The van der Waals surface area contributed by atoms with Gasteiger partial charge in [-0.25, -0.2) is 4.98 Å². The number of amides is 1. The molecule has 2 N–H and O–H groups in total. The number of nitrogens with zero attached hydrogens (tertiary/aromatic N) is 3. The number of hydrogen-bond acceptors (Lipinski definition) is 5. The van der Waals surface area contributed by atoms with Crippen LogP contribution in [0, 0.1) is 0 Å². The molecule has 1 amide bonds. The van der Waals surface area contributed by atoms with Gasteiger partial charge in [0.15, 0.2) is 0 Å². The molecule has 5 nitrogen and oxygen atoms in total. The predicted molar refractivity (Wildman–Crippen MR) is 116 cm³/mol. The van der Waals surface area contributed by atoms with Gasteiger partial charge in [-0.15, -0.1) is 11.3 Å². The zero-order valence-corrected chi connectivity index (χ0v) is 16.9. The van der Waals surface area contributed by atoms with E-state index in [9.17, 15) is 4.79 Å². The minimum Gasteiger partial charge on any atom is -0.384 e. The maximum absolute atomic E-state index is 12.6. The van der Waals surface area contributed by atoms with E-state index >= 15 is 0 Å². The molecule has 0 unspecified atom stereocenters. The number of thiophene rings is 1. The standard InChI is InChI=1S/C21H21ClN4OS/c22-19-7-5-17(28-19)2-1-9-25-10-11-26(21(27)14-25)13-15-3-6-18-16(12-15)4-8-20(23)24-18/h1-8,12H,9-11,13-14H2,(H2,23,24). The second-order valence-electron chi connectivity index (χ2n) is 6.86.